The zero-order chi connectivity index (χ0) is 12.1. The minimum absolute atomic E-state index is 0.183. The Bertz CT molecular complexity index is 502. The molecule has 1 aromatic rings. The fourth-order valence-electron chi connectivity index (χ4n) is 1.04. The zero-order valence-corrected chi connectivity index (χ0v) is 9.37. The lowest BCUT2D eigenvalue weighted by Crippen LogP contribution is -1.95. The van der Waals surface area contributed by atoms with Gasteiger partial charge in [0, 0.05) is 6.20 Å². The first kappa shape index (κ1) is 12.2. The van der Waals surface area contributed by atoms with Gasteiger partial charge in [-0.1, -0.05) is 17.5 Å². The molecule has 0 atom stereocenters. The molecule has 82 valence electrons. The maximum Gasteiger partial charge on any atom is 0.167 e. The second kappa shape index (κ2) is 5.29. The van der Waals surface area contributed by atoms with Gasteiger partial charge in [-0.25, -0.2) is 9.07 Å². The van der Waals surface area contributed by atoms with Crippen LogP contribution < -0.4 is 0 Å². The van der Waals surface area contributed by atoms with Crippen molar-refractivity contribution in [2.45, 2.75) is 6.92 Å². The molecule has 0 radical (unpaired) electrons. The quantitative estimate of drug-likeness (QED) is 0.452. The van der Waals surface area contributed by atoms with E-state index >= 15 is 0 Å². The number of hydrogen-bond donors (Lipinski definition) is 0. The van der Waals surface area contributed by atoms with E-state index < -0.39 is 0 Å². The molecule has 0 aromatic carbocycles. The Kier molecular flexibility index (Phi) is 4.03. The molecule has 0 N–H and O–H groups in total. The van der Waals surface area contributed by atoms with Crippen LogP contribution in [0.1, 0.15) is 12.5 Å². The summed E-state index contributed by atoms with van der Waals surface area (Å²) < 4.78 is 14.1. The maximum atomic E-state index is 12.8. The number of aliphatic imine (C=N–C) groups is 1. The Hall–Kier alpha value is -1.86. The van der Waals surface area contributed by atoms with E-state index in [0.29, 0.717) is 11.3 Å². The van der Waals surface area contributed by atoms with E-state index in [0.717, 1.165) is 0 Å². The van der Waals surface area contributed by atoms with Gasteiger partial charge in [-0.05, 0) is 19.7 Å². The summed E-state index contributed by atoms with van der Waals surface area (Å²) in [7, 11) is 0. The van der Waals surface area contributed by atoms with Crippen molar-refractivity contribution in [2.24, 2.45) is 4.99 Å². The Morgan fingerprint density at radius 2 is 2.50 bits per heavy atom. The summed E-state index contributed by atoms with van der Waals surface area (Å²) in [6.07, 6.45) is 9.32. The summed E-state index contributed by atoms with van der Waals surface area (Å²) in [5.41, 5.74) is 0.819. The molecule has 1 heterocycles. The number of aromatic nitrogens is 2. The lowest BCUT2D eigenvalue weighted by Gasteiger charge is -1.99. The highest BCUT2D eigenvalue weighted by atomic mass is 35.5. The molecule has 0 unspecified atom stereocenters. The van der Waals surface area contributed by atoms with Gasteiger partial charge >= 0.3 is 0 Å². The van der Waals surface area contributed by atoms with Crippen LogP contribution in [0.15, 0.2) is 29.3 Å². The van der Waals surface area contributed by atoms with Crippen LogP contribution in [0, 0.1) is 12.3 Å². The van der Waals surface area contributed by atoms with Crippen LogP contribution in [-0.2, 0) is 0 Å². The second-order valence-corrected chi connectivity index (χ2v) is 3.25. The lowest BCUT2D eigenvalue weighted by atomic mass is 10.3. The molecule has 0 aliphatic carbocycles. The van der Waals surface area contributed by atoms with Crippen molar-refractivity contribution in [1.82, 2.24) is 9.78 Å². The zero-order valence-electron chi connectivity index (χ0n) is 8.61. The summed E-state index contributed by atoms with van der Waals surface area (Å²) >= 11 is 5.76. The molecule has 3 nitrogen and oxygen atoms in total. The number of rotatable bonds is 3. The average molecular weight is 238 g/mol. The largest absolute Gasteiger partial charge is 0.270 e. The van der Waals surface area contributed by atoms with Gasteiger partial charge in [0.15, 0.2) is 5.15 Å². The number of hydrogen-bond acceptors (Lipinski definition) is 2. The number of nitrogens with zero attached hydrogens (tertiary/aromatic N) is 3. The second-order valence-electron chi connectivity index (χ2n) is 2.89. The molecule has 0 spiro atoms. The maximum absolute atomic E-state index is 12.8. The van der Waals surface area contributed by atoms with Crippen molar-refractivity contribution >= 4 is 24.0 Å². The first-order chi connectivity index (χ1) is 7.58. The van der Waals surface area contributed by atoms with Gasteiger partial charge in [0.05, 0.1) is 23.3 Å². The molecule has 0 saturated carbocycles. The highest BCUT2D eigenvalue weighted by Gasteiger charge is 2.06. The summed E-state index contributed by atoms with van der Waals surface area (Å²) in [5, 5.41) is 4.11. The van der Waals surface area contributed by atoms with E-state index in [-0.39, 0.29) is 11.0 Å². The Balaban J connectivity index is 3.23. The third-order valence-corrected chi connectivity index (χ3v) is 1.94. The van der Waals surface area contributed by atoms with Gasteiger partial charge in [0.25, 0.3) is 0 Å². The topological polar surface area (TPSA) is 30.2 Å². The molecular weight excluding hydrogens is 229 g/mol. The third-order valence-electron chi connectivity index (χ3n) is 1.66. The van der Waals surface area contributed by atoms with Crippen LogP contribution in [0.25, 0.3) is 5.70 Å². The van der Waals surface area contributed by atoms with Gasteiger partial charge in [-0.3, -0.25) is 4.99 Å². The van der Waals surface area contributed by atoms with Crippen LogP contribution >= 0.6 is 11.6 Å². The van der Waals surface area contributed by atoms with Gasteiger partial charge in [-0.2, -0.15) is 5.10 Å². The predicted molar refractivity (Wildman–Crippen MR) is 63.9 cm³/mol. The first-order valence-electron chi connectivity index (χ1n) is 4.30. The summed E-state index contributed by atoms with van der Waals surface area (Å²) in [6.45, 7) is 4.60. The minimum atomic E-state index is -0.385. The molecule has 0 bridgehead atoms. The number of terminal acetylenes is 1. The SMILES string of the molecule is C#Cc1cn(C(/C=C(\C)F)=C/N=C)nc1Cl. The molecule has 5 heteroatoms. The predicted octanol–water partition coefficient (Wildman–Crippen LogP) is 2.89. The van der Waals surface area contributed by atoms with Gasteiger partial charge in [0.2, 0.25) is 0 Å². The Morgan fingerprint density at radius 1 is 1.81 bits per heavy atom. The molecule has 1 rings (SSSR count). The highest BCUT2D eigenvalue weighted by Crippen LogP contribution is 2.17. The number of allylic oxidation sites excluding steroid dienone is 3. The van der Waals surface area contributed by atoms with Crippen LogP contribution in [-0.4, -0.2) is 16.5 Å². The molecular formula is C11H9ClFN3. The summed E-state index contributed by atoms with van der Waals surface area (Å²) in [5.74, 6) is 1.98. The van der Waals surface area contributed by atoms with E-state index in [9.17, 15) is 4.39 Å². The van der Waals surface area contributed by atoms with Crippen molar-refractivity contribution in [3.63, 3.8) is 0 Å². The third kappa shape index (κ3) is 2.81. The minimum Gasteiger partial charge on any atom is -0.270 e. The molecule has 1 aromatic heterocycles. The standard InChI is InChI=1S/C11H9ClFN3/c1-4-9-7-16(15-11(9)12)10(6-14-3)5-8(2)13/h1,5-7H,3H2,2H3/b8-5+,10-6+. The smallest absolute Gasteiger partial charge is 0.167 e. The highest BCUT2D eigenvalue weighted by molar-refractivity contribution is 6.30. The van der Waals surface area contributed by atoms with Crippen molar-refractivity contribution in [3.05, 3.63) is 35.0 Å². The Morgan fingerprint density at radius 3 is 2.94 bits per heavy atom. The van der Waals surface area contributed by atoms with E-state index in [1.54, 1.807) is 0 Å². The van der Waals surface area contributed by atoms with Crippen LogP contribution in [0.4, 0.5) is 4.39 Å². The Labute approximate surface area is 97.9 Å². The molecule has 16 heavy (non-hydrogen) atoms. The lowest BCUT2D eigenvalue weighted by molar-refractivity contribution is 0.639. The van der Waals surface area contributed by atoms with E-state index in [1.165, 1.54) is 30.1 Å². The van der Waals surface area contributed by atoms with Crippen molar-refractivity contribution in [3.8, 4) is 12.3 Å². The molecule has 0 amide bonds. The van der Waals surface area contributed by atoms with Crippen LogP contribution in [0.5, 0.6) is 0 Å². The van der Waals surface area contributed by atoms with Crippen LogP contribution in [0.3, 0.4) is 0 Å². The van der Waals surface area contributed by atoms with Gasteiger partial charge in [0.1, 0.15) is 0 Å². The monoisotopic (exact) mass is 237 g/mol. The fraction of sp³-hybridized carbons (Fsp3) is 0.0909. The van der Waals surface area contributed by atoms with E-state index in [4.69, 9.17) is 18.0 Å². The van der Waals surface area contributed by atoms with E-state index in [1.807, 2.05) is 0 Å². The first-order valence-corrected chi connectivity index (χ1v) is 4.68. The van der Waals surface area contributed by atoms with Gasteiger partial charge in [-0.15, -0.1) is 6.42 Å². The molecule has 0 aliphatic heterocycles. The van der Waals surface area contributed by atoms with Crippen molar-refractivity contribution < 1.29 is 4.39 Å². The molecule has 0 fully saturated rings. The summed E-state index contributed by atoms with van der Waals surface area (Å²) in [6, 6.07) is 0. The molecule has 0 aliphatic rings. The van der Waals surface area contributed by atoms with Gasteiger partial charge < -0.3 is 0 Å². The van der Waals surface area contributed by atoms with Crippen molar-refractivity contribution in [2.75, 3.05) is 0 Å². The fourth-order valence-corrected chi connectivity index (χ4v) is 1.23. The number of halogens is 2. The van der Waals surface area contributed by atoms with E-state index in [2.05, 4.69) is 22.7 Å². The summed E-state index contributed by atoms with van der Waals surface area (Å²) in [4.78, 5) is 3.55. The van der Waals surface area contributed by atoms with Crippen molar-refractivity contribution in [1.29, 1.82) is 0 Å². The molecule has 0 saturated heterocycles. The normalized spacial score (nSPS) is 12.4. The average Bonchev–Trinajstić information content (AvgIpc) is 2.58. The van der Waals surface area contributed by atoms with Crippen LogP contribution in [0.2, 0.25) is 5.15 Å².